The highest BCUT2D eigenvalue weighted by Crippen LogP contribution is 2.27. The first-order valence-corrected chi connectivity index (χ1v) is 6.86. The summed E-state index contributed by atoms with van der Waals surface area (Å²) < 4.78 is 42.9. The van der Waals surface area contributed by atoms with Crippen molar-refractivity contribution in [1.29, 1.82) is 0 Å². The summed E-state index contributed by atoms with van der Waals surface area (Å²) >= 11 is 0. The zero-order valence-electron chi connectivity index (χ0n) is 8.60. The molecule has 3 N–H and O–H groups in total. The molecule has 0 aliphatic heterocycles. The predicted octanol–water partition coefficient (Wildman–Crippen LogP) is 1.12. The van der Waals surface area contributed by atoms with Crippen LogP contribution in [0.5, 0.6) is 0 Å². The lowest BCUT2D eigenvalue weighted by Gasteiger charge is -2.29. The molecule has 0 radical (unpaired) electrons. The van der Waals surface area contributed by atoms with Gasteiger partial charge >= 0.3 is 0 Å². The topological polar surface area (TPSA) is 80.4 Å². The maximum absolute atomic E-state index is 13.4. The van der Waals surface area contributed by atoms with E-state index >= 15 is 0 Å². The fraction of sp³-hybridized carbons (Fsp3) is 1.00. The Labute approximate surface area is 89.8 Å². The van der Waals surface area contributed by atoms with Crippen LogP contribution in [0.15, 0.2) is 0 Å². The van der Waals surface area contributed by atoms with E-state index < -0.39 is 28.1 Å². The highest BCUT2D eigenvalue weighted by atomic mass is 32.2. The summed E-state index contributed by atoms with van der Waals surface area (Å²) in [6.45, 7) is 0. The van der Waals surface area contributed by atoms with Gasteiger partial charge < -0.3 is 5.73 Å². The maximum Gasteiger partial charge on any atom is 0.267 e. The molecule has 0 amide bonds. The van der Waals surface area contributed by atoms with E-state index in [4.69, 9.17) is 10.3 Å². The van der Waals surface area contributed by atoms with Gasteiger partial charge in [0.1, 0.15) is 11.9 Å². The number of hydrogen-bond acceptors (Lipinski definition) is 3. The second-order valence-electron chi connectivity index (χ2n) is 4.24. The second kappa shape index (κ2) is 5.23. The molecule has 15 heavy (non-hydrogen) atoms. The molecule has 0 bridgehead atoms. The third-order valence-corrected chi connectivity index (χ3v) is 3.72. The summed E-state index contributed by atoms with van der Waals surface area (Å²) in [6, 6.07) is -0.771. The molecule has 0 aromatic carbocycles. The van der Waals surface area contributed by atoms with E-state index in [9.17, 15) is 12.8 Å². The van der Waals surface area contributed by atoms with Crippen LogP contribution in [-0.4, -0.2) is 30.9 Å². The van der Waals surface area contributed by atoms with E-state index in [0.29, 0.717) is 0 Å². The van der Waals surface area contributed by atoms with Crippen molar-refractivity contribution in [3.8, 4) is 0 Å². The van der Waals surface area contributed by atoms with Gasteiger partial charge in [0.05, 0.1) is 0 Å². The zero-order valence-corrected chi connectivity index (χ0v) is 9.42. The highest BCUT2D eigenvalue weighted by molar-refractivity contribution is 7.85. The quantitative estimate of drug-likeness (QED) is 0.720. The number of nitrogens with two attached hydrogens (primary N) is 1. The Kier molecular flexibility index (Phi) is 4.48. The van der Waals surface area contributed by atoms with Crippen LogP contribution in [0, 0.1) is 5.92 Å². The Balaban J connectivity index is 2.47. The highest BCUT2D eigenvalue weighted by Gasteiger charge is 2.30. The Morgan fingerprint density at radius 1 is 1.33 bits per heavy atom. The maximum atomic E-state index is 13.4. The Hall–Kier alpha value is -0.200. The van der Waals surface area contributed by atoms with E-state index in [0.717, 1.165) is 32.1 Å². The van der Waals surface area contributed by atoms with Crippen LogP contribution in [-0.2, 0) is 10.1 Å². The van der Waals surface area contributed by atoms with Gasteiger partial charge in [0.15, 0.2) is 0 Å². The van der Waals surface area contributed by atoms with Gasteiger partial charge in [-0.15, -0.1) is 0 Å². The lowest BCUT2D eigenvalue weighted by molar-refractivity contribution is 0.206. The van der Waals surface area contributed by atoms with Crippen LogP contribution in [0.1, 0.15) is 32.1 Å². The van der Waals surface area contributed by atoms with Gasteiger partial charge in [-0.25, -0.2) is 4.39 Å². The van der Waals surface area contributed by atoms with Crippen molar-refractivity contribution in [2.45, 2.75) is 44.3 Å². The summed E-state index contributed by atoms with van der Waals surface area (Å²) in [5, 5.41) is 0. The Morgan fingerprint density at radius 3 is 2.33 bits per heavy atom. The molecular weight excluding hydrogens is 221 g/mol. The lowest BCUT2D eigenvalue weighted by Crippen LogP contribution is -2.43. The number of halogens is 1. The minimum absolute atomic E-state index is 0.0514. The average Bonchev–Trinajstić information content (AvgIpc) is 2.15. The molecule has 0 heterocycles. The summed E-state index contributed by atoms with van der Waals surface area (Å²) in [7, 11) is -4.26. The monoisotopic (exact) mass is 239 g/mol. The standard InChI is InChI=1S/C9H18FNO3S/c10-8(6-15(12,13)14)9(11)7-4-2-1-3-5-7/h7-9H,1-6,11H2,(H,12,13,14)/t8-,9?/m0/s1. The number of rotatable bonds is 4. The summed E-state index contributed by atoms with van der Waals surface area (Å²) in [4.78, 5) is 0. The van der Waals surface area contributed by atoms with Gasteiger partial charge in [0.25, 0.3) is 10.1 Å². The summed E-state index contributed by atoms with van der Waals surface area (Å²) in [5.74, 6) is -0.833. The molecule has 2 atom stereocenters. The first-order chi connectivity index (χ1) is 6.90. The van der Waals surface area contributed by atoms with Crippen LogP contribution in [0.3, 0.4) is 0 Å². The van der Waals surface area contributed by atoms with E-state index in [1.165, 1.54) is 0 Å². The molecular formula is C9H18FNO3S. The molecule has 1 saturated carbocycles. The largest absolute Gasteiger partial charge is 0.325 e. The van der Waals surface area contributed by atoms with E-state index in [-0.39, 0.29) is 5.92 Å². The minimum atomic E-state index is -4.26. The molecule has 1 aliphatic carbocycles. The molecule has 1 rings (SSSR count). The summed E-state index contributed by atoms with van der Waals surface area (Å²) in [6.07, 6.45) is 3.23. The molecule has 90 valence electrons. The van der Waals surface area contributed by atoms with Gasteiger partial charge in [0.2, 0.25) is 0 Å². The van der Waals surface area contributed by atoms with E-state index in [2.05, 4.69) is 0 Å². The van der Waals surface area contributed by atoms with Crippen LogP contribution in [0.2, 0.25) is 0 Å². The van der Waals surface area contributed by atoms with Crippen molar-refractivity contribution in [3.05, 3.63) is 0 Å². The molecule has 6 heteroatoms. The van der Waals surface area contributed by atoms with E-state index in [1.807, 2.05) is 0 Å². The lowest BCUT2D eigenvalue weighted by atomic mass is 9.83. The van der Waals surface area contributed by atoms with Crippen molar-refractivity contribution in [2.24, 2.45) is 11.7 Å². The van der Waals surface area contributed by atoms with Crippen LogP contribution >= 0.6 is 0 Å². The third kappa shape index (κ3) is 4.44. The summed E-state index contributed by atoms with van der Waals surface area (Å²) in [5.41, 5.74) is 5.65. The molecule has 0 saturated heterocycles. The van der Waals surface area contributed by atoms with Crippen molar-refractivity contribution in [3.63, 3.8) is 0 Å². The molecule has 1 unspecified atom stereocenters. The fourth-order valence-corrected chi connectivity index (χ4v) is 2.75. The zero-order chi connectivity index (χ0) is 11.5. The SMILES string of the molecule is NC(C1CCCCC1)[C@@H](F)CS(=O)(=O)O. The normalized spacial score (nSPS) is 23.7. The first kappa shape index (κ1) is 12.9. The molecule has 1 aliphatic rings. The number of hydrogen-bond donors (Lipinski definition) is 2. The van der Waals surface area contributed by atoms with Gasteiger partial charge in [-0.3, -0.25) is 4.55 Å². The van der Waals surface area contributed by atoms with Crippen LogP contribution in [0.4, 0.5) is 4.39 Å². The average molecular weight is 239 g/mol. The third-order valence-electron chi connectivity index (χ3n) is 2.98. The van der Waals surface area contributed by atoms with Crippen LogP contribution < -0.4 is 5.73 Å². The van der Waals surface area contributed by atoms with E-state index in [1.54, 1.807) is 0 Å². The van der Waals surface area contributed by atoms with Crippen molar-refractivity contribution >= 4 is 10.1 Å². The van der Waals surface area contributed by atoms with Gasteiger partial charge in [-0.05, 0) is 18.8 Å². The van der Waals surface area contributed by atoms with Crippen LogP contribution in [0.25, 0.3) is 0 Å². The van der Waals surface area contributed by atoms with Gasteiger partial charge in [-0.2, -0.15) is 8.42 Å². The minimum Gasteiger partial charge on any atom is -0.325 e. The van der Waals surface area contributed by atoms with Gasteiger partial charge in [-0.1, -0.05) is 19.3 Å². The smallest absolute Gasteiger partial charge is 0.267 e. The molecule has 0 spiro atoms. The van der Waals surface area contributed by atoms with Crippen molar-refractivity contribution in [1.82, 2.24) is 0 Å². The molecule has 1 fully saturated rings. The predicted molar refractivity (Wildman–Crippen MR) is 55.9 cm³/mol. The van der Waals surface area contributed by atoms with Crippen molar-refractivity contribution in [2.75, 3.05) is 5.75 Å². The fourth-order valence-electron chi connectivity index (χ4n) is 2.13. The van der Waals surface area contributed by atoms with Gasteiger partial charge in [0, 0.05) is 6.04 Å². The Bertz CT molecular complexity index is 288. The molecule has 0 aromatic rings. The second-order valence-corrected chi connectivity index (χ2v) is 5.74. The molecule has 4 nitrogen and oxygen atoms in total. The Morgan fingerprint density at radius 2 is 1.87 bits per heavy atom. The van der Waals surface area contributed by atoms with Crippen molar-refractivity contribution < 1.29 is 17.4 Å². The number of alkyl halides is 1. The molecule has 0 aromatic heterocycles. The first-order valence-electron chi connectivity index (χ1n) is 5.25.